The van der Waals surface area contributed by atoms with Crippen molar-refractivity contribution in [1.82, 2.24) is 24.3 Å². The Morgan fingerprint density at radius 2 is 1.18 bits per heavy atom. The second kappa shape index (κ2) is 15.2. The van der Waals surface area contributed by atoms with Gasteiger partial charge >= 0.3 is 0 Å². The molecule has 1 N–H and O–H groups in total. The van der Waals surface area contributed by atoms with Gasteiger partial charge in [-0.2, -0.15) is 5.10 Å². The van der Waals surface area contributed by atoms with Gasteiger partial charge in [0.15, 0.2) is 28.9 Å². The maximum absolute atomic E-state index is 6.40. The number of anilines is 2. The molecule has 0 aliphatic carbocycles. The van der Waals surface area contributed by atoms with Gasteiger partial charge in [0.25, 0.3) is 0 Å². The fourth-order valence-electron chi connectivity index (χ4n) is 9.25. The van der Waals surface area contributed by atoms with Crippen LogP contribution in [0.2, 0.25) is 0 Å². The number of benzene rings is 8. The number of aryl methyl sites for hydroxylation is 1. The van der Waals surface area contributed by atoms with Crippen LogP contribution in [0.15, 0.2) is 225 Å². The number of rotatable bonds is 5. The van der Waals surface area contributed by atoms with E-state index in [-0.39, 0.29) is 0 Å². The lowest BCUT2D eigenvalue weighted by atomic mass is 10.00. The number of para-hydroxylation sites is 4. The van der Waals surface area contributed by atoms with E-state index in [9.17, 15) is 0 Å². The largest absolute Gasteiger partial charge is 0.453 e. The minimum atomic E-state index is 0.523. The van der Waals surface area contributed by atoms with E-state index >= 15 is 0 Å². The molecule has 8 aromatic carbocycles. The standard InChI is InChI=1S/C42H27N3O2.C15H13N3/c1-3-39-42-25(2)46-40-16-10-9-15-37(40)45(42)38-23-31-30-21-26(17-19-33(30)43-34(31)24-41(38)47-39)27-18-20-36-32(22-27)29-13-7-8-14-35(29)44(36)28-11-5-4-6-12-28;1-18-15(13-10-6-3-7-11-13)16-14(17-18)12-8-4-2-5-9-12/h3-24,43H,1-2H2;2-11H,1H3. The molecule has 5 heterocycles. The summed E-state index contributed by atoms with van der Waals surface area (Å²) in [6, 6.07) is 65.1. The van der Waals surface area contributed by atoms with E-state index in [1.54, 1.807) is 6.08 Å². The SMILES string of the molecule is C=CC1=C2C(=C)Oc3ccccc3N2c2cc3c(cc2O1)[nH]c1ccc(-c2ccc4c(c2)c2ccccc2n4-c2ccccc2)cc13.Cn1nc(-c2ccccc2)nc1-c1ccccc1. The zero-order valence-corrected chi connectivity index (χ0v) is 35.4. The first-order chi connectivity index (χ1) is 32.0. The van der Waals surface area contributed by atoms with Crippen molar-refractivity contribution in [2.24, 2.45) is 7.05 Å². The highest BCUT2D eigenvalue weighted by Crippen LogP contribution is 2.52. The average molecular weight is 841 g/mol. The predicted molar refractivity (Wildman–Crippen MR) is 264 cm³/mol. The molecule has 65 heavy (non-hydrogen) atoms. The summed E-state index contributed by atoms with van der Waals surface area (Å²) in [5.41, 5.74) is 12.7. The number of hydrogen-bond acceptors (Lipinski definition) is 5. The molecule has 8 heteroatoms. The summed E-state index contributed by atoms with van der Waals surface area (Å²) in [6.45, 7) is 8.23. The van der Waals surface area contributed by atoms with E-state index in [2.05, 4.69) is 147 Å². The summed E-state index contributed by atoms with van der Waals surface area (Å²) in [7, 11) is 1.92. The molecule has 11 aromatic rings. The van der Waals surface area contributed by atoms with Crippen LogP contribution in [-0.4, -0.2) is 24.3 Å². The third-order valence-corrected chi connectivity index (χ3v) is 12.2. The van der Waals surface area contributed by atoms with Crippen molar-refractivity contribution in [2.45, 2.75) is 0 Å². The molecule has 3 aromatic heterocycles. The Kier molecular flexibility index (Phi) is 8.84. The highest BCUT2D eigenvalue weighted by molar-refractivity contribution is 6.13. The van der Waals surface area contributed by atoms with Gasteiger partial charge in [0.1, 0.15) is 11.5 Å². The molecule has 0 amide bonds. The van der Waals surface area contributed by atoms with E-state index in [4.69, 9.17) is 9.47 Å². The van der Waals surface area contributed by atoms with Crippen LogP contribution in [0.25, 0.3) is 83.2 Å². The van der Waals surface area contributed by atoms with Gasteiger partial charge in [-0.05, 0) is 77.9 Å². The average Bonchev–Trinajstić information content (AvgIpc) is 4.04. The third kappa shape index (κ3) is 6.30. The van der Waals surface area contributed by atoms with Gasteiger partial charge in [0.05, 0.1) is 27.9 Å². The number of hydrogen-bond donors (Lipinski definition) is 1. The lowest BCUT2D eigenvalue weighted by molar-refractivity contribution is 0.387. The highest BCUT2D eigenvalue weighted by Gasteiger charge is 2.36. The summed E-state index contributed by atoms with van der Waals surface area (Å²) in [6.07, 6.45) is 1.71. The number of allylic oxidation sites excluding steroid dienone is 1. The zero-order valence-electron chi connectivity index (χ0n) is 35.4. The Bertz CT molecular complexity index is 3710. The van der Waals surface area contributed by atoms with E-state index < -0.39 is 0 Å². The van der Waals surface area contributed by atoms with Crippen molar-refractivity contribution in [3.63, 3.8) is 0 Å². The van der Waals surface area contributed by atoms with Crippen LogP contribution < -0.4 is 14.4 Å². The molecule has 310 valence electrons. The number of ether oxygens (including phenoxy) is 2. The molecule has 2 aliphatic rings. The Hall–Kier alpha value is -8.88. The van der Waals surface area contributed by atoms with Crippen molar-refractivity contribution in [1.29, 1.82) is 0 Å². The number of nitrogens with zero attached hydrogens (tertiary/aromatic N) is 5. The lowest BCUT2D eigenvalue weighted by Crippen LogP contribution is -2.30. The van der Waals surface area contributed by atoms with Crippen molar-refractivity contribution >= 4 is 55.0 Å². The summed E-state index contributed by atoms with van der Waals surface area (Å²) in [4.78, 5) is 10.4. The normalized spacial score (nSPS) is 12.9. The Morgan fingerprint density at radius 3 is 1.97 bits per heavy atom. The minimum absolute atomic E-state index is 0.523. The first kappa shape index (κ1) is 37.8. The summed E-state index contributed by atoms with van der Waals surface area (Å²) in [5, 5.41) is 9.19. The molecule has 0 unspecified atom stereocenters. The molecule has 0 fully saturated rings. The van der Waals surface area contributed by atoms with Gasteiger partial charge in [-0.3, -0.25) is 4.90 Å². The number of aromatic amines is 1. The molecule has 0 saturated heterocycles. The zero-order chi connectivity index (χ0) is 43.6. The van der Waals surface area contributed by atoms with Crippen LogP contribution >= 0.6 is 0 Å². The number of H-pyrrole nitrogens is 1. The van der Waals surface area contributed by atoms with Gasteiger partial charge in [-0.25, -0.2) is 9.67 Å². The number of fused-ring (bicyclic) bond motifs is 11. The minimum Gasteiger partial charge on any atom is -0.453 e. The Labute approximate surface area is 374 Å². The molecule has 0 bridgehead atoms. The van der Waals surface area contributed by atoms with Crippen LogP contribution in [0, 0.1) is 0 Å². The van der Waals surface area contributed by atoms with E-state index in [1.165, 1.54) is 27.4 Å². The van der Waals surface area contributed by atoms with E-state index in [0.717, 1.165) is 84.4 Å². The van der Waals surface area contributed by atoms with Crippen molar-refractivity contribution < 1.29 is 9.47 Å². The maximum Gasteiger partial charge on any atom is 0.181 e. The Balaban J connectivity index is 0.000000207. The lowest BCUT2D eigenvalue weighted by Gasteiger charge is -2.38. The van der Waals surface area contributed by atoms with Gasteiger partial charge in [-0.1, -0.05) is 134 Å². The summed E-state index contributed by atoms with van der Waals surface area (Å²) in [5.74, 6) is 4.27. The first-order valence-electron chi connectivity index (χ1n) is 21.5. The molecule has 13 rings (SSSR count). The van der Waals surface area contributed by atoms with Gasteiger partial charge in [0.2, 0.25) is 0 Å². The number of aromatic nitrogens is 5. The predicted octanol–water partition coefficient (Wildman–Crippen LogP) is 14.1. The van der Waals surface area contributed by atoms with Crippen LogP contribution in [0.4, 0.5) is 11.4 Å². The van der Waals surface area contributed by atoms with Crippen LogP contribution in [-0.2, 0) is 7.05 Å². The third-order valence-electron chi connectivity index (χ3n) is 12.2. The second-order valence-electron chi connectivity index (χ2n) is 16.1. The summed E-state index contributed by atoms with van der Waals surface area (Å²) >= 11 is 0. The Morgan fingerprint density at radius 1 is 0.538 bits per heavy atom. The van der Waals surface area contributed by atoms with E-state index in [1.807, 2.05) is 90.6 Å². The maximum atomic E-state index is 6.40. The monoisotopic (exact) mass is 840 g/mol. The van der Waals surface area contributed by atoms with Gasteiger partial charge in [0, 0.05) is 57.0 Å². The van der Waals surface area contributed by atoms with Crippen LogP contribution in [0.3, 0.4) is 0 Å². The van der Waals surface area contributed by atoms with Gasteiger partial charge < -0.3 is 19.0 Å². The van der Waals surface area contributed by atoms with Crippen LogP contribution in [0.1, 0.15) is 0 Å². The van der Waals surface area contributed by atoms with Crippen molar-refractivity contribution in [3.8, 4) is 51.1 Å². The fraction of sp³-hybridized carbons (Fsp3) is 0.0175. The molecular formula is C57H40N6O2. The molecule has 0 saturated carbocycles. The smallest absolute Gasteiger partial charge is 0.181 e. The molecule has 0 atom stereocenters. The first-order valence-corrected chi connectivity index (χ1v) is 21.5. The molecule has 2 aliphatic heterocycles. The van der Waals surface area contributed by atoms with Crippen molar-refractivity contribution in [2.75, 3.05) is 4.90 Å². The summed E-state index contributed by atoms with van der Waals surface area (Å²) < 4.78 is 16.7. The quantitative estimate of drug-likeness (QED) is 0.187. The highest BCUT2D eigenvalue weighted by atomic mass is 16.5. The number of nitrogens with one attached hydrogen (secondary N) is 1. The van der Waals surface area contributed by atoms with Crippen molar-refractivity contribution in [3.05, 3.63) is 225 Å². The molecule has 8 nitrogen and oxygen atoms in total. The second-order valence-corrected chi connectivity index (χ2v) is 16.1. The van der Waals surface area contributed by atoms with Crippen LogP contribution in [0.5, 0.6) is 11.5 Å². The molecule has 0 spiro atoms. The molecule has 0 radical (unpaired) electrons. The van der Waals surface area contributed by atoms with Gasteiger partial charge in [-0.15, -0.1) is 0 Å². The fourth-order valence-corrected chi connectivity index (χ4v) is 9.25. The topological polar surface area (TPSA) is 73.1 Å². The molecular weight excluding hydrogens is 801 g/mol. The van der Waals surface area contributed by atoms with E-state index in [0.29, 0.717) is 11.5 Å².